The number of hydrogen-bond donors (Lipinski definition) is 1. The zero-order chi connectivity index (χ0) is 15.1. The molecule has 4 heteroatoms. The first-order valence-corrected chi connectivity index (χ1v) is 7.17. The van der Waals surface area contributed by atoms with E-state index in [4.69, 9.17) is 4.74 Å². The third kappa shape index (κ3) is 2.04. The summed E-state index contributed by atoms with van der Waals surface area (Å²) in [6.45, 7) is 0. The lowest BCUT2D eigenvalue weighted by atomic mass is 9.77. The van der Waals surface area contributed by atoms with Gasteiger partial charge in [-0.3, -0.25) is 4.98 Å². The molecule has 0 saturated carbocycles. The topological polar surface area (TPSA) is 42.4 Å². The number of aromatic nitrogens is 1. The van der Waals surface area contributed by atoms with Crippen molar-refractivity contribution in [3.63, 3.8) is 0 Å². The van der Waals surface area contributed by atoms with Crippen molar-refractivity contribution >= 4 is 11.6 Å². The van der Waals surface area contributed by atoms with Gasteiger partial charge < -0.3 is 9.84 Å². The van der Waals surface area contributed by atoms with Crippen molar-refractivity contribution in [2.45, 2.75) is 18.1 Å². The van der Waals surface area contributed by atoms with Crippen LogP contribution in [-0.2, 0) is 4.74 Å². The monoisotopic (exact) mass is 295 g/mol. The molecule has 0 saturated heterocycles. The Balaban J connectivity index is 1.78. The highest BCUT2D eigenvalue weighted by atomic mass is 19.1. The number of halogens is 1. The molecule has 22 heavy (non-hydrogen) atoms. The van der Waals surface area contributed by atoms with E-state index in [-0.39, 0.29) is 17.8 Å². The van der Waals surface area contributed by atoms with E-state index in [9.17, 15) is 9.50 Å². The lowest BCUT2D eigenvalue weighted by Crippen LogP contribution is -2.36. The van der Waals surface area contributed by atoms with Gasteiger partial charge in [-0.05, 0) is 23.3 Å². The van der Waals surface area contributed by atoms with Crippen LogP contribution in [0.3, 0.4) is 0 Å². The summed E-state index contributed by atoms with van der Waals surface area (Å²) in [5, 5.41) is 10.8. The Morgan fingerprint density at radius 3 is 2.91 bits per heavy atom. The minimum Gasteiger partial charge on any atom is -0.493 e. The van der Waals surface area contributed by atoms with E-state index in [1.54, 1.807) is 0 Å². The van der Waals surface area contributed by atoms with Gasteiger partial charge >= 0.3 is 0 Å². The maximum Gasteiger partial charge on any atom is 0.126 e. The number of fused-ring (bicyclic) bond motifs is 3. The van der Waals surface area contributed by atoms with Crippen LogP contribution >= 0.6 is 0 Å². The van der Waals surface area contributed by atoms with Gasteiger partial charge in [0.05, 0.1) is 24.0 Å². The van der Waals surface area contributed by atoms with E-state index in [1.165, 1.54) is 24.6 Å². The summed E-state index contributed by atoms with van der Waals surface area (Å²) in [5.74, 6) is -0.601. The summed E-state index contributed by atoms with van der Waals surface area (Å²) >= 11 is 0. The number of aliphatic hydroxyl groups is 1. The molecule has 1 aliphatic heterocycles. The minimum absolute atomic E-state index is 0.216. The highest BCUT2D eigenvalue weighted by Crippen LogP contribution is 2.41. The van der Waals surface area contributed by atoms with Crippen molar-refractivity contribution in [1.82, 2.24) is 4.98 Å². The van der Waals surface area contributed by atoms with E-state index in [0.29, 0.717) is 11.3 Å². The summed E-state index contributed by atoms with van der Waals surface area (Å²) < 4.78 is 19.2. The maximum absolute atomic E-state index is 13.4. The van der Waals surface area contributed by atoms with Crippen LogP contribution in [0, 0.1) is 5.82 Å². The quantitative estimate of drug-likeness (QED) is 0.879. The van der Waals surface area contributed by atoms with Crippen molar-refractivity contribution in [1.29, 1.82) is 0 Å². The standard InChI is InChI=1S/C18H14FNO2/c19-12-7-8-20-15(9-12)14-10-22-16-6-5-11-3-1-2-4-13(11)17(16)18(14)21/h1-10,16-18,21H. The van der Waals surface area contributed by atoms with Gasteiger partial charge in [0, 0.05) is 17.8 Å². The van der Waals surface area contributed by atoms with E-state index >= 15 is 0 Å². The van der Waals surface area contributed by atoms with E-state index in [1.807, 2.05) is 36.4 Å². The number of pyridine rings is 1. The average molecular weight is 295 g/mol. The number of hydrogen-bond acceptors (Lipinski definition) is 3. The van der Waals surface area contributed by atoms with Crippen LogP contribution in [0.15, 0.2) is 54.9 Å². The molecule has 0 fully saturated rings. The fourth-order valence-electron chi connectivity index (χ4n) is 3.13. The maximum atomic E-state index is 13.4. The molecule has 3 unspecified atom stereocenters. The molecule has 0 radical (unpaired) electrons. The Labute approximate surface area is 127 Å². The van der Waals surface area contributed by atoms with Crippen molar-refractivity contribution in [3.8, 4) is 0 Å². The van der Waals surface area contributed by atoms with Crippen LogP contribution in [0.1, 0.15) is 22.7 Å². The zero-order valence-corrected chi connectivity index (χ0v) is 11.7. The molecule has 110 valence electrons. The summed E-state index contributed by atoms with van der Waals surface area (Å²) in [7, 11) is 0. The first kappa shape index (κ1) is 13.2. The van der Waals surface area contributed by atoms with E-state index in [2.05, 4.69) is 4.98 Å². The van der Waals surface area contributed by atoms with E-state index in [0.717, 1.165) is 11.1 Å². The van der Waals surface area contributed by atoms with Gasteiger partial charge in [0.1, 0.15) is 11.9 Å². The number of benzene rings is 1. The molecule has 2 aliphatic rings. The van der Waals surface area contributed by atoms with Crippen molar-refractivity contribution in [3.05, 3.63) is 77.6 Å². The SMILES string of the molecule is OC1C(c2cc(F)ccn2)=COC2C=Cc3ccccc3C21. The molecule has 0 bridgehead atoms. The van der Waals surface area contributed by atoms with Gasteiger partial charge in [0.25, 0.3) is 0 Å². The average Bonchev–Trinajstić information content (AvgIpc) is 2.55. The molecule has 0 amide bonds. The van der Waals surface area contributed by atoms with Gasteiger partial charge in [0.15, 0.2) is 0 Å². The third-order valence-corrected chi connectivity index (χ3v) is 4.20. The summed E-state index contributed by atoms with van der Waals surface area (Å²) in [6.07, 6.45) is 5.82. The first-order valence-electron chi connectivity index (χ1n) is 7.17. The lowest BCUT2D eigenvalue weighted by Gasteiger charge is -2.37. The van der Waals surface area contributed by atoms with Crippen LogP contribution < -0.4 is 0 Å². The molecule has 1 aliphatic carbocycles. The van der Waals surface area contributed by atoms with Crippen LogP contribution in [0.4, 0.5) is 4.39 Å². The summed E-state index contributed by atoms with van der Waals surface area (Å²) in [4.78, 5) is 4.14. The number of rotatable bonds is 1. The Morgan fingerprint density at radius 1 is 1.18 bits per heavy atom. The second-order valence-corrected chi connectivity index (χ2v) is 5.49. The van der Waals surface area contributed by atoms with Crippen LogP contribution in [0.25, 0.3) is 11.6 Å². The van der Waals surface area contributed by atoms with Crippen molar-refractivity contribution < 1.29 is 14.2 Å². The molecule has 1 N–H and O–H groups in total. The third-order valence-electron chi connectivity index (χ3n) is 4.20. The molecule has 2 aromatic rings. The van der Waals surface area contributed by atoms with Crippen LogP contribution in [-0.4, -0.2) is 22.3 Å². The van der Waals surface area contributed by atoms with Crippen LogP contribution in [0.5, 0.6) is 0 Å². The molecule has 2 heterocycles. The summed E-state index contributed by atoms with van der Waals surface area (Å²) in [5.41, 5.74) is 3.01. The predicted octanol–water partition coefficient (Wildman–Crippen LogP) is 3.13. The summed E-state index contributed by atoms with van der Waals surface area (Å²) in [6, 6.07) is 10.5. The first-order chi connectivity index (χ1) is 10.7. The van der Waals surface area contributed by atoms with Gasteiger partial charge in [-0.2, -0.15) is 0 Å². The fraction of sp³-hybridized carbons (Fsp3) is 0.167. The lowest BCUT2D eigenvalue weighted by molar-refractivity contribution is 0.0732. The Morgan fingerprint density at radius 2 is 2.05 bits per heavy atom. The highest BCUT2D eigenvalue weighted by Gasteiger charge is 2.39. The predicted molar refractivity (Wildman–Crippen MR) is 81.3 cm³/mol. The second kappa shape index (κ2) is 5.07. The molecule has 1 aromatic carbocycles. The van der Waals surface area contributed by atoms with Gasteiger partial charge in [-0.25, -0.2) is 4.39 Å². The van der Waals surface area contributed by atoms with E-state index < -0.39 is 6.10 Å². The molecule has 3 atom stereocenters. The fourth-order valence-corrected chi connectivity index (χ4v) is 3.13. The minimum atomic E-state index is -0.792. The van der Waals surface area contributed by atoms with Crippen molar-refractivity contribution in [2.24, 2.45) is 0 Å². The van der Waals surface area contributed by atoms with Crippen molar-refractivity contribution in [2.75, 3.05) is 0 Å². The highest BCUT2D eigenvalue weighted by molar-refractivity contribution is 5.70. The number of nitrogens with zero attached hydrogens (tertiary/aromatic N) is 1. The zero-order valence-electron chi connectivity index (χ0n) is 11.7. The number of aliphatic hydroxyl groups excluding tert-OH is 1. The second-order valence-electron chi connectivity index (χ2n) is 5.49. The smallest absolute Gasteiger partial charge is 0.126 e. The Hall–Kier alpha value is -2.46. The van der Waals surface area contributed by atoms with Crippen LogP contribution in [0.2, 0.25) is 0 Å². The van der Waals surface area contributed by atoms with Gasteiger partial charge in [0.2, 0.25) is 0 Å². The normalized spacial score (nSPS) is 25.7. The Bertz CT molecular complexity index is 784. The van der Waals surface area contributed by atoms with Gasteiger partial charge in [-0.15, -0.1) is 0 Å². The molecule has 0 spiro atoms. The molecule has 3 nitrogen and oxygen atoms in total. The number of ether oxygens (including phenoxy) is 1. The molecule has 1 aromatic heterocycles. The Kier molecular flexibility index (Phi) is 3.05. The largest absolute Gasteiger partial charge is 0.493 e. The van der Waals surface area contributed by atoms with Gasteiger partial charge in [-0.1, -0.05) is 30.3 Å². The molecular formula is C18H14FNO2. The molecular weight excluding hydrogens is 281 g/mol. The molecule has 4 rings (SSSR count).